The van der Waals surface area contributed by atoms with Crippen molar-refractivity contribution in [1.29, 1.82) is 0 Å². The van der Waals surface area contributed by atoms with E-state index in [0.29, 0.717) is 5.69 Å². The average molecular weight is 288 g/mol. The minimum Gasteiger partial charge on any atom is -0.508 e. The molecular formula is C14H9FN2O4. The van der Waals surface area contributed by atoms with Gasteiger partial charge in [0.1, 0.15) is 17.3 Å². The van der Waals surface area contributed by atoms with Gasteiger partial charge >= 0.3 is 11.8 Å². The molecular weight excluding hydrogens is 279 g/mol. The summed E-state index contributed by atoms with van der Waals surface area (Å²) in [7, 11) is 0. The number of hydrogen-bond donors (Lipinski definition) is 1. The first kappa shape index (κ1) is 12.9. The van der Waals surface area contributed by atoms with E-state index >= 15 is 0 Å². The lowest BCUT2D eigenvalue weighted by atomic mass is 10.3. The molecule has 2 aromatic carbocycles. The number of ether oxygens (including phenoxy) is 1. The number of benzene rings is 2. The van der Waals surface area contributed by atoms with E-state index in [-0.39, 0.29) is 17.6 Å². The van der Waals surface area contributed by atoms with Crippen molar-refractivity contribution in [2.75, 3.05) is 0 Å². The summed E-state index contributed by atoms with van der Waals surface area (Å²) in [5.41, 5.74) is 0.413. The summed E-state index contributed by atoms with van der Waals surface area (Å²) < 4.78 is 23.8. The zero-order valence-corrected chi connectivity index (χ0v) is 10.6. The highest BCUT2D eigenvalue weighted by Crippen LogP contribution is 2.19. The maximum Gasteiger partial charge on any atom is 0.444 e. The predicted octanol–water partition coefficient (Wildman–Crippen LogP) is 2.46. The Labute approximate surface area is 117 Å². The van der Waals surface area contributed by atoms with Gasteiger partial charge in [-0.25, -0.2) is 9.18 Å². The van der Waals surface area contributed by atoms with E-state index in [4.69, 9.17) is 9.15 Å². The Hall–Kier alpha value is -3.09. The number of phenols is 1. The maximum absolute atomic E-state index is 12.8. The summed E-state index contributed by atoms with van der Waals surface area (Å²) in [6.07, 6.45) is -0.264. The van der Waals surface area contributed by atoms with Crippen molar-refractivity contribution in [3.05, 3.63) is 64.9 Å². The topological polar surface area (TPSA) is 77.5 Å². The lowest BCUT2D eigenvalue weighted by Crippen LogP contribution is -2.12. The fourth-order valence-corrected chi connectivity index (χ4v) is 1.66. The molecule has 3 rings (SSSR count). The Bertz CT molecular complexity index is 806. The van der Waals surface area contributed by atoms with E-state index in [1.165, 1.54) is 48.5 Å². The molecule has 0 bridgehead atoms. The number of nitrogens with zero attached hydrogens (tertiary/aromatic N) is 2. The van der Waals surface area contributed by atoms with E-state index < -0.39 is 11.6 Å². The number of phenolic OH excluding ortho intramolecular Hbond substituents is 1. The lowest BCUT2D eigenvalue weighted by Gasteiger charge is -1.99. The van der Waals surface area contributed by atoms with Crippen molar-refractivity contribution < 1.29 is 18.7 Å². The monoisotopic (exact) mass is 288 g/mol. The van der Waals surface area contributed by atoms with Gasteiger partial charge in [-0.1, -0.05) is 5.10 Å². The molecule has 0 aliphatic rings. The largest absolute Gasteiger partial charge is 0.508 e. The van der Waals surface area contributed by atoms with Crippen LogP contribution in [0.1, 0.15) is 0 Å². The van der Waals surface area contributed by atoms with Crippen LogP contribution in [-0.2, 0) is 0 Å². The van der Waals surface area contributed by atoms with Crippen molar-refractivity contribution in [2.24, 2.45) is 0 Å². The number of hydrogen-bond acceptors (Lipinski definition) is 5. The van der Waals surface area contributed by atoms with E-state index in [0.717, 1.165) is 4.68 Å². The second kappa shape index (κ2) is 5.12. The second-order valence-electron chi connectivity index (χ2n) is 4.12. The van der Waals surface area contributed by atoms with Gasteiger partial charge in [0.15, 0.2) is 0 Å². The van der Waals surface area contributed by atoms with Gasteiger partial charge in [0, 0.05) is 0 Å². The molecule has 21 heavy (non-hydrogen) atoms. The van der Waals surface area contributed by atoms with Crippen LogP contribution in [0.4, 0.5) is 4.39 Å². The Balaban J connectivity index is 1.89. The third-order valence-electron chi connectivity index (χ3n) is 2.64. The summed E-state index contributed by atoms with van der Waals surface area (Å²) >= 11 is 0. The summed E-state index contributed by atoms with van der Waals surface area (Å²) in [6.45, 7) is 0. The molecule has 6 nitrogen and oxygen atoms in total. The number of rotatable bonds is 3. The molecule has 0 atom stereocenters. The van der Waals surface area contributed by atoms with Crippen LogP contribution in [0.15, 0.2) is 57.7 Å². The molecule has 1 N–H and O–H groups in total. The Morgan fingerprint density at radius 2 is 1.76 bits per heavy atom. The number of halogens is 1. The van der Waals surface area contributed by atoms with Crippen LogP contribution in [0.2, 0.25) is 0 Å². The van der Waals surface area contributed by atoms with Gasteiger partial charge in [0.25, 0.3) is 0 Å². The molecule has 0 radical (unpaired) electrons. The first-order chi connectivity index (χ1) is 10.1. The standard InChI is InChI=1S/C14H9FN2O4/c15-9-1-7-12(8-2-9)20-13-16-17(14(19)21-13)10-3-5-11(18)6-4-10/h1-8,18H. The van der Waals surface area contributed by atoms with Crippen LogP contribution in [0, 0.1) is 5.82 Å². The number of aromatic nitrogens is 2. The Morgan fingerprint density at radius 3 is 2.43 bits per heavy atom. The molecule has 0 saturated carbocycles. The third-order valence-corrected chi connectivity index (χ3v) is 2.64. The van der Waals surface area contributed by atoms with Crippen LogP contribution in [0.5, 0.6) is 17.6 Å². The molecule has 106 valence electrons. The first-order valence-electron chi connectivity index (χ1n) is 5.95. The van der Waals surface area contributed by atoms with Gasteiger partial charge in [-0.05, 0) is 48.5 Å². The number of aromatic hydroxyl groups is 1. The average Bonchev–Trinajstić information content (AvgIpc) is 2.83. The molecule has 1 heterocycles. The van der Waals surface area contributed by atoms with Gasteiger partial charge in [-0.15, -0.1) is 0 Å². The fourth-order valence-electron chi connectivity index (χ4n) is 1.66. The van der Waals surface area contributed by atoms with Gasteiger partial charge in [0.2, 0.25) is 0 Å². The zero-order valence-electron chi connectivity index (χ0n) is 10.6. The molecule has 0 fully saturated rings. The van der Waals surface area contributed by atoms with E-state index in [2.05, 4.69) is 5.10 Å². The first-order valence-corrected chi connectivity index (χ1v) is 5.95. The summed E-state index contributed by atoms with van der Waals surface area (Å²) in [5.74, 6) is -0.787. The molecule has 0 saturated heterocycles. The Kier molecular flexibility index (Phi) is 3.15. The second-order valence-corrected chi connectivity index (χ2v) is 4.12. The summed E-state index contributed by atoms with van der Waals surface area (Å²) in [6, 6.07) is 11.0. The van der Waals surface area contributed by atoms with Crippen molar-refractivity contribution >= 4 is 0 Å². The zero-order chi connectivity index (χ0) is 14.8. The SMILES string of the molecule is O=c1oc(Oc2ccc(F)cc2)nn1-c1ccc(O)cc1. The van der Waals surface area contributed by atoms with Gasteiger partial charge in [-0.2, -0.15) is 4.68 Å². The predicted molar refractivity (Wildman–Crippen MR) is 70.2 cm³/mol. The summed E-state index contributed by atoms with van der Waals surface area (Å²) in [4.78, 5) is 11.7. The van der Waals surface area contributed by atoms with Crippen molar-refractivity contribution in [1.82, 2.24) is 9.78 Å². The highest BCUT2D eigenvalue weighted by Gasteiger charge is 2.12. The highest BCUT2D eigenvalue weighted by atomic mass is 19.1. The van der Waals surface area contributed by atoms with Gasteiger partial charge in [0.05, 0.1) is 5.69 Å². The maximum atomic E-state index is 12.8. The molecule has 0 unspecified atom stereocenters. The van der Waals surface area contributed by atoms with Crippen molar-refractivity contribution in [3.8, 4) is 23.3 Å². The molecule has 0 amide bonds. The molecule has 3 aromatic rings. The lowest BCUT2D eigenvalue weighted by molar-refractivity contribution is 0.320. The van der Waals surface area contributed by atoms with Crippen LogP contribution >= 0.6 is 0 Å². The van der Waals surface area contributed by atoms with Gasteiger partial charge < -0.3 is 14.3 Å². The quantitative estimate of drug-likeness (QED) is 0.801. The molecule has 0 aliphatic heterocycles. The van der Waals surface area contributed by atoms with Crippen LogP contribution in [0.3, 0.4) is 0 Å². The normalized spacial score (nSPS) is 10.5. The van der Waals surface area contributed by atoms with Crippen molar-refractivity contribution in [2.45, 2.75) is 0 Å². The van der Waals surface area contributed by atoms with Crippen LogP contribution in [0.25, 0.3) is 5.69 Å². The van der Waals surface area contributed by atoms with Crippen molar-refractivity contribution in [3.63, 3.8) is 0 Å². The van der Waals surface area contributed by atoms with Crippen LogP contribution < -0.4 is 10.5 Å². The third kappa shape index (κ3) is 2.76. The Morgan fingerprint density at radius 1 is 1.10 bits per heavy atom. The molecule has 0 aliphatic carbocycles. The van der Waals surface area contributed by atoms with E-state index in [1.54, 1.807) is 0 Å². The van der Waals surface area contributed by atoms with E-state index in [1.807, 2.05) is 0 Å². The minimum atomic E-state index is -0.738. The van der Waals surface area contributed by atoms with E-state index in [9.17, 15) is 14.3 Å². The molecule has 0 spiro atoms. The molecule has 1 aromatic heterocycles. The fraction of sp³-hybridized carbons (Fsp3) is 0. The minimum absolute atomic E-state index is 0.0677. The highest BCUT2D eigenvalue weighted by molar-refractivity contribution is 5.35. The van der Waals surface area contributed by atoms with Gasteiger partial charge in [-0.3, -0.25) is 0 Å². The summed E-state index contributed by atoms with van der Waals surface area (Å²) in [5, 5.41) is 13.1. The smallest absolute Gasteiger partial charge is 0.444 e. The molecule has 7 heteroatoms. The van der Waals surface area contributed by atoms with Crippen LogP contribution in [-0.4, -0.2) is 14.9 Å².